The van der Waals surface area contributed by atoms with Crippen LogP contribution in [0.15, 0.2) is 36.4 Å². The molecule has 0 bridgehead atoms. The Kier molecular flexibility index (Phi) is 4.90. The zero-order chi connectivity index (χ0) is 14.5. The molecule has 0 radical (unpaired) electrons. The molecular formula is C16H19NO2S. The van der Waals surface area contributed by atoms with E-state index in [1.165, 1.54) is 0 Å². The Balaban J connectivity index is 2.12. The summed E-state index contributed by atoms with van der Waals surface area (Å²) >= 11 is 1.78. The first kappa shape index (κ1) is 14.7. The molecule has 4 heteroatoms. The van der Waals surface area contributed by atoms with Gasteiger partial charge in [0.2, 0.25) is 0 Å². The summed E-state index contributed by atoms with van der Waals surface area (Å²) < 4.78 is 0. The molecule has 1 amide bonds. The number of thioether (sulfide) groups is 1. The molecule has 0 aromatic heterocycles. The van der Waals surface area contributed by atoms with Crippen LogP contribution in [0.25, 0.3) is 10.8 Å². The van der Waals surface area contributed by atoms with E-state index in [1.54, 1.807) is 17.8 Å². The molecule has 0 saturated heterocycles. The van der Waals surface area contributed by atoms with Crippen molar-refractivity contribution in [1.29, 1.82) is 0 Å². The second kappa shape index (κ2) is 6.66. The Bertz CT molecular complexity index is 612. The number of phenolic OH excluding ortho intramolecular Hbond substituents is 1. The summed E-state index contributed by atoms with van der Waals surface area (Å²) in [6, 6.07) is 11.0. The number of fused-ring (bicyclic) bond motifs is 1. The topological polar surface area (TPSA) is 49.3 Å². The number of rotatable bonds is 5. The zero-order valence-electron chi connectivity index (χ0n) is 11.7. The van der Waals surface area contributed by atoms with Crippen LogP contribution in [0, 0.1) is 0 Å². The predicted octanol–water partition coefficient (Wildman–Crippen LogP) is 3.42. The Morgan fingerprint density at radius 1 is 1.30 bits per heavy atom. The number of aromatic hydroxyl groups is 1. The molecule has 0 aliphatic rings. The molecule has 3 nitrogen and oxygen atoms in total. The van der Waals surface area contributed by atoms with Crippen molar-refractivity contribution >= 4 is 28.4 Å². The third kappa shape index (κ3) is 3.25. The fourth-order valence-corrected chi connectivity index (χ4v) is 2.39. The smallest absolute Gasteiger partial charge is 0.255 e. The van der Waals surface area contributed by atoms with Gasteiger partial charge in [-0.1, -0.05) is 37.3 Å². The first-order valence-electron chi connectivity index (χ1n) is 6.65. The fraction of sp³-hybridized carbons (Fsp3) is 0.312. The molecule has 106 valence electrons. The average Bonchev–Trinajstić information content (AvgIpc) is 2.47. The van der Waals surface area contributed by atoms with Gasteiger partial charge < -0.3 is 10.4 Å². The van der Waals surface area contributed by atoms with Crippen LogP contribution in [-0.2, 0) is 0 Å². The summed E-state index contributed by atoms with van der Waals surface area (Å²) in [6.45, 7) is 2.75. The average molecular weight is 289 g/mol. The van der Waals surface area contributed by atoms with Crippen molar-refractivity contribution in [1.82, 2.24) is 5.32 Å². The van der Waals surface area contributed by atoms with Crippen LogP contribution in [0.5, 0.6) is 5.75 Å². The Morgan fingerprint density at radius 3 is 2.80 bits per heavy atom. The molecule has 0 spiro atoms. The summed E-state index contributed by atoms with van der Waals surface area (Å²) in [6.07, 6.45) is 2.98. The highest BCUT2D eigenvalue weighted by Crippen LogP contribution is 2.28. The lowest BCUT2D eigenvalue weighted by Crippen LogP contribution is -2.26. The molecular weight excluding hydrogens is 270 g/mol. The second-order valence-electron chi connectivity index (χ2n) is 4.77. The first-order valence-corrected chi connectivity index (χ1v) is 7.94. The SMILES string of the molecule is CSC(C)CCNC(=O)c1ccc2ccccc2c1O. The summed E-state index contributed by atoms with van der Waals surface area (Å²) in [5.74, 6) is -0.167. The van der Waals surface area contributed by atoms with E-state index in [9.17, 15) is 9.90 Å². The molecule has 1 unspecified atom stereocenters. The number of amides is 1. The highest BCUT2D eigenvalue weighted by molar-refractivity contribution is 7.99. The number of benzene rings is 2. The molecule has 20 heavy (non-hydrogen) atoms. The van der Waals surface area contributed by atoms with E-state index in [0.717, 1.165) is 11.8 Å². The van der Waals surface area contributed by atoms with Crippen LogP contribution in [0.4, 0.5) is 0 Å². The molecule has 2 aromatic carbocycles. The minimum Gasteiger partial charge on any atom is -0.506 e. The van der Waals surface area contributed by atoms with Gasteiger partial charge in [-0.3, -0.25) is 4.79 Å². The van der Waals surface area contributed by atoms with E-state index < -0.39 is 0 Å². The number of hydrogen-bond donors (Lipinski definition) is 2. The van der Waals surface area contributed by atoms with Crippen LogP contribution in [0.2, 0.25) is 0 Å². The Morgan fingerprint density at radius 2 is 2.05 bits per heavy atom. The van der Waals surface area contributed by atoms with E-state index in [0.29, 0.717) is 22.7 Å². The molecule has 0 fully saturated rings. The monoisotopic (exact) mass is 289 g/mol. The fourth-order valence-electron chi connectivity index (χ4n) is 2.04. The van der Waals surface area contributed by atoms with Crippen molar-refractivity contribution < 1.29 is 9.90 Å². The summed E-state index contributed by atoms with van der Waals surface area (Å²) in [7, 11) is 0. The minimum atomic E-state index is -0.221. The van der Waals surface area contributed by atoms with E-state index in [4.69, 9.17) is 0 Å². The van der Waals surface area contributed by atoms with Gasteiger partial charge in [0.15, 0.2) is 0 Å². The summed E-state index contributed by atoms with van der Waals surface area (Å²) in [4.78, 5) is 12.1. The molecule has 2 rings (SSSR count). The molecule has 0 saturated carbocycles. The van der Waals surface area contributed by atoms with Gasteiger partial charge in [-0.05, 0) is 24.1 Å². The number of phenols is 1. The first-order chi connectivity index (χ1) is 9.63. The maximum absolute atomic E-state index is 12.1. The predicted molar refractivity (Wildman–Crippen MR) is 85.5 cm³/mol. The van der Waals surface area contributed by atoms with Gasteiger partial charge >= 0.3 is 0 Å². The maximum atomic E-state index is 12.1. The molecule has 0 aliphatic carbocycles. The molecule has 2 aromatic rings. The van der Waals surface area contributed by atoms with Crippen LogP contribution in [0.3, 0.4) is 0 Å². The van der Waals surface area contributed by atoms with Gasteiger partial charge in [-0.15, -0.1) is 0 Å². The zero-order valence-corrected chi connectivity index (χ0v) is 12.5. The second-order valence-corrected chi connectivity index (χ2v) is 6.05. The number of nitrogens with one attached hydrogen (secondary N) is 1. The lowest BCUT2D eigenvalue weighted by atomic mass is 10.0. The molecule has 0 aliphatic heterocycles. The number of carbonyl (C=O) groups is 1. The van der Waals surface area contributed by atoms with Crippen molar-refractivity contribution in [2.45, 2.75) is 18.6 Å². The van der Waals surface area contributed by atoms with Crippen molar-refractivity contribution in [2.24, 2.45) is 0 Å². The maximum Gasteiger partial charge on any atom is 0.255 e. The van der Waals surface area contributed by atoms with Crippen LogP contribution in [-0.4, -0.2) is 29.1 Å². The van der Waals surface area contributed by atoms with Crippen molar-refractivity contribution in [3.8, 4) is 5.75 Å². The van der Waals surface area contributed by atoms with Gasteiger partial charge in [-0.25, -0.2) is 0 Å². The van der Waals surface area contributed by atoms with Crippen molar-refractivity contribution in [3.05, 3.63) is 42.0 Å². The lowest BCUT2D eigenvalue weighted by molar-refractivity contribution is 0.0951. The van der Waals surface area contributed by atoms with Crippen molar-refractivity contribution in [2.75, 3.05) is 12.8 Å². The Hall–Kier alpha value is -1.68. The number of hydrogen-bond acceptors (Lipinski definition) is 3. The van der Waals surface area contributed by atoms with E-state index >= 15 is 0 Å². The minimum absolute atomic E-state index is 0.0542. The van der Waals surface area contributed by atoms with Gasteiger partial charge in [0, 0.05) is 17.2 Å². The third-order valence-electron chi connectivity index (χ3n) is 3.38. The largest absolute Gasteiger partial charge is 0.506 e. The lowest BCUT2D eigenvalue weighted by Gasteiger charge is -2.11. The third-order valence-corrected chi connectivity index (χ3v) is 4.42. The van der Waals surface area contributed by atoms with Gasteiger partial charge in [0.25, 0.3) is 5.91 Å². The molecule has 2 N–H and O–H groups in total. The highest BCUT2D eigenvalue weighted by atomic mass is 32.2. The van der Waals surface area contributed by atoms with Gasteiger partial charge in [0.1, 0.15) is 5.75 Å². The number of carbonyl (C=O) groups excluding carboxylic acids is 1. The molecule has 1 atom stereocenters. The van der Waals surface area contributed by atoms with Gasteiger partial charge in [0.05, 0.1) is 5.56 Å². The van der Waals surface area contributed by atoms with E-state index in [-0.39, 0.29) is 11.7 Å². The Labute approximate surface area is 123 Å². The van der Waals surface area contributed by atoms with Crippen LogP contribution in [0.1, 0.15) is 23.7 Å². The highest BCUT2D eigenvalue weighted by Gasteiger charge is 2.13. The van der Waals surface area contributed by atoms with Crippen molar-refractivity contribution in [3.63, 3.8) is 0 Å². The summed E-state index contributed by atoms with van der Waals surface area (Å²) in [5.41, 5.74) is 0.334. The van der Waals surface area contributed by atoms with Crippen LogP contribution < -0.4 is 5.32 Å². The standard InChI is InChI=1S/C16H19NO2S/c1-11(20-2)9-10-17-16(19)14-8-7-12-5-3-4-6-13(12)15(14)18/h3-8,11,18H,9-10H2,1-2H3,(H,17,19). The normalized spacial score (nSPS) is 12.3. The van der Waals surface area contributed by atoms with Gasteiger partial charge in [-0.2, -0.15) is 11.8 Å². The summed E-state index contributed by atoms with van der Waals surface area (Å²) in [5, 5.41) is 15.2. The van der Waals surface area contributed by atoms with E-state index in [2.05, 4.69) is 18.5 Å². The van der Waals surface area contributed by atoms with Crippen LogP contribution >= 0.6 is 11.8 Å². The quantitative estimate of drug-likeness (QED) is 0.886. The van der Waals surface area contributed by atoms with E-state index in [1.807, 2.05) is 30.3 Å². The molecule has 0 heterocycles.